The van der Waals surface area contributed by atoms with E-state index in [1.165, 1.54) is 25.0 Å². The zero-order valence-electron chi connectivity index (χ0n) is 10.9. The maximum absolute atomic E-state index is 13.8. The fraction of sp³-hybridized carbons (Fsp3) is 0.500. The second kappa shape index (κ2) is 5.82. The van der Waals surface area contributed by atoms with Crippen molar-refractivity contribution in [1.29, 1.82) is 0 Å². The van der Waals surface area contributed by atoms with E-state index in [1.54, 1.807) is 0 Å². The monoisotopic (exact) mass is 284 g/mol. The average Bonchev–Trinajstić information content (AvgIpc) is 2.76. The first kappa shape index (κ1) is 14.2. The van der Waals surface area contributed by atoms with Crippen molar-refractivity contribution in [2.24, 2.45) is 17.6 Å². The molecule has 19 heavy (non-hydrogen) atoms. The highest BCUT2D eigenvalue weighted by molar-refractivity contribution is 7.80. The Morgan fingerprint density at radius 2 is 2.11 bits per heavy atom. The van der Waals surface area contributed by atoms with Crippen LogP contribution in [0, 0.1) is 23.5 Å². The molecule has 0 amide bonds. The highest BCUT2D eigenvalue weighted by Gasteiger charge is 2.23. The van der Waals surface area contributed by atoms with Gasteiger partial charge in [0, 0.05) is 12.1 Å². The topological polar surface area (TPSA) is 38.0 Å². The van der Waals surface area contributed by atoms with Crippen molar-refractivity contribution in [2.45, 2.75) is 26.2 Å². The van der Waals surface area contributed by atoms with Gasteiger partial charge in [0.05, 0.1) is 5.69 Å². The van der Waals surface area contributed by atoms with Crippen LogP contribution in [0.4, 0.5) is 14.5 Å². The van der Waals surface area contributed by atoms with Gasteiger partial charge in [0.15, 0.2) is 11.6 Å². The molecule has 1 saturated carbocycles. The predicted octanol–water partition coefficient (Wildman–Crippen LogP) is 3.45. The molecule has 0 aliphatic heterocycles. The Kier molecular flexibility index (Phi) is 4.34. The van der Waals surface area contributed by atoms with Gasteiger partial charge in [-0.1, -0.05) is 32.0 Å². The average molecular weight is 284 g/mol. The second-order valence-corrected chi connectivity index (χ2v) is 5.64. The zero-order chi connectivity index (χ0) is 14.0. The standard InChI is InChI=1S/C14H18F2N2S/c1-8-3-2-4-9(8)7-18-11-6-5-10(14(17)19)12(15)13(11)16/h5-6,8-9,18H,2-4,7H2,1H3,(H2,17,19). The summed E-state index contributed by atoms with van der Waals surface area (Å²) < 4.78 is 27.5. The molecule has 1 aliphatic carbocycles. The highest BCUT2D eigenvalue weighted by Crippen LogP contribution is 2.31. The molecule has 0 heterocycles. The van der Waals surface area contributed by atoms with Crippen LogP contribution in [0.3, 0.4) is 0 Å². The van der Waals surface area contributed by atoms with Crippen LogP contribution in [-0.2, 0) is 0 Å². The SMILES string of the molecule is CC1CCCC1CNc1ccc(C(N)=S)c(F)c1F. The van der Waals surface area contributed by atoms with Crippen LogP contribution in [0.25, 0.3) is 0 Å². The summed E-state index contributed by atoms with van der Waals surface area (Å²) in [5, 5.41) is 2.99. The molecule has 1 aromatic carbocycles. The molecular weight excluding hydrogens is 266 g/mol. The lowest BCUT2D eigenvalue weighted by molar-refractivity contribution is 0.438. The minimum atomic E-state index is -0.975. The molecule has 2 atom stereocenters. The number of hydrogen-bond donors (Lipinski definition) is 2. The van der Waals surface area contributed by atoms with Crippen molar-refractivity contribution in [3.63, 3.8) is 0 Å². The molecule has 0 spiro atoms. The van der Waals surface area contributed by atoms with Gasteiger partial charge in [-0.05, 0) is 30.4 Å². The van der Waals surface area contributed by atoms with Crippen LogP contribution in [0.2, 0.25) is 0 Å². The van der Waals surface area contributed by atoms with Crippen molar-refractivity contribution in [3.05, 3.63) is 29.3 Å². The second-order valence-electron chi connectivity index (χ2n) is 5.20. The van der Waals surface area contributed by atoms with Gasteiger partial charge in [0.2, 0.25) is 0 Å². The van der Waals surface area contributed by atoms with E-state index in [9.17, 15) is 8.78 Å². The maximum Gasteiger partial charge on any atom is 0.182 e. The van der Waals surface area contributed by atoms with E-state index in [0.717, 1.165) is 6.42 Å². The Morgan fingerprint density at radius 3 is 2.68 bits per heavy atom. The first-order chi connectivity index (χ1) is 9.00. The minimum Gasteiger partial charge on any atom is -0.389 e. The number of hydrogen-bond acceptors (Lipinski definition) is 2. The maximum atomic E-state index is 13.8. The Balaban J connectivity index is 2.09. The fourth-order valence-corrected chi connectivity index (χ4v) is 2.80. The third-order valence-corrected chi connectivity index (χ3v) is 4.16. The number of halogens is 2. The molecule has 104 valence electrons. The molecule has 0 aromatic heterocycles. The summed E-state index contributed by atoms with van der Waals surface area (Å²) >= 11 is 4.67. The van der Waals surface area contributed by atoms with Gasteiger partial charge in [-0.3, -0.25) is 0 Å². The lowest BCUT2D eigenvalue weighted by Gasteiger charge is -2.17. The molecule has 0 radical (unpaired) electrons. The Bertz CT molecular complexity index is 491. The molecule has 2 rings (SSSR count). The lowest BCUT2D eigenvalue weighted by Crippen LogP contribution is -2.18. The Morgan fingerprint density at radius 1 is 1.37 bits per heavy atom. The first-order valence-electron chi connectivity index (χ1n) is 6.52. The van der Waals surface area contributed by atoms with E-state index < -0.39 is 11.6 Å². The van der Waals surface area contributed by atoms with E-state index in [2.05, 4.69) is 24.5 Å². The quantitative estimate of drug-likeness (QED) is 0.832. The van der Waals surface area contributed by atoms with Crippen LogP contribution >= 0.6 is 12.2 Å². The molecule has 0 saturated heterocycles. The Labute approximate surface area is 117 Å². The third-order valence-electron chi connectivity index (χ3n) is 3.94. The lowest BCUT2D eigenvalue weighted by atomic mass is 9.98. The summed E-state index contributed by atoms with van der Waals surface area (Å²) in [7, 11) is 0. The summed E-state index contributed by atoms with van der Waals surface area (Å²) in [5.41, 5.74) is 5.46. The third kappa shape index (κ3) is 3.03. The molecule has 1 fully saturated rings. The van der Waals surface area contributed by atoms with Crippen molar-refractivity contribution in [2.75, 3.05) is 11.9 Å². The van der Waals surface area contributed by atoms with Gasteiger partial charge in [-0.15, -0.1) is 0 Å². The Hall–Kier alpha value is -1.23. The minimum absolute atomic E-state index is 0.0488. The summed E-state index contributed by atoms with van der Waals surface area (Å²) in [5.74, 6) is -0.720. The molecule has 2 unspecified atom stereocenters. The van der Waals surface area contributed by atoms with Crippen LogP contribution in [0.5, 0.6) is 0 Å². The fourth-order valence-electron chi connectivity index (χ4n) is 2.64. The molecular formula is C14H18F2N2S. The largest absolute Gasteiger partial charge is 0.389 e. The van der Waals surface area contributed by atoms with Crippen molar-refractivity contribution in [1.82, 2.24) is 0 Å². The number of thiocarbonyl (C=S) groups is 1. The van der Waals surface area contributed by atoms with Gasteiger partial charge in [-0.2, -0.15) is 0 Å². The first-order valence-corrected chi connectivity index (χ1v) is 6.93. The van der Waals surface area contributed by atoms with Gasteiger partial charge in [0.1, 0.15) is 4.99 Å². The van der Waals surface area contributed by atoms with E-state index >= 15 is 0 Å². The summed E-state index contributed by atoms with van der Waals surface area (Å²) in [6, 6.07) is 2.91. The molecule has 1 aliphatic rings. The predicted molar refractivity (Wildman–Crippen MR) is 77.2 cm³/mol. The number of nitrogens with two attached hydrogens (primary N) is 1. The molecule has 1 aromatic rings. The number of benzene rings is 1. The van der Waals surface area contributed by atoms with Crippen LogP contribution < -0.4 is 11.1 Å². The van der Waals surface area contributed by atoms with Crippen molar-refractivity contribution >= 4 is 22.9 Å². The number of nitrogens with one attached hydrogen (secondary N) is 1. The number of anilines is 1. The van der Waals surface area contributed by atoms with E-state index in [-0.39, 0.29) is 16.2 Å². The van der Waals surface area contributed by atoms with Crippen molar-refractivity contribution in [3.8, 4) is 0 Å². The van der Waals surface area contributed by atoms with E-state index in [0.29, 0.717) is 18.4 Å². The molecule has 2 nitrogen and oxygen atoms in total. The zero-order valence-corrected chi connectivity index (χ0v) is 11.7. The highest BCUT2D eigenvalue weighted by atomic mass is 32.1. The van der Waals surface area contributed by atoms with Crippen LogP contribution in [-0.4, -0.2) is 11.5 Å². The summed E-state index contributed by atoms with van der Waals surface area (Å²) in [6.07, 6.45) is 3.57. The van der Waals surface area contributed by atoms with Crippen LogP contribution in [0.1, 0.15) is 31.7 Å². The smallest absolute Gasteiger partial charge is 0.182 e. The van der Waals surface area contributed by atoms with Gasteiger partial charge in [0.25, 0.3) is 0 Å². The van der Waals surface area contributed by atoms with Gasteiger partial charge in [-0.25, -0.2) is 8.78 Å². The molecule has 5 heteroatoms. The van der Waals surface area contributed by atoms with Crippen LogP contribution in [0.15, 0.2) is 12.1 Å². The normalized spacial score (nSPS) is 22.5. The summed E-state index contributed by atoms with van der Waals surface area (Å²) in [6.45, 7) is 2.87. The van der Waals surface area contributed by atoms with E-state index in [1.807, 2.05) is 0 Å². The molecule has 0 bridgehead atoms. The van der Waals surface area contributed by atoms with Gasteiger partial charge >= 0.3 is 0 Å². The number of rotatable bonds is 4. The molecule has 3 N–H and O–H groups in total. The van der Waals surface area contributed by atoms with E-state index in [4.69, 9.17) is 5.73 Å². The summed E-state index contributed by atoms with van der Waals surface area (Å²) in [4.78, 5) is -0.132. The van der Waals surface area contributed by atoms with Crippen molar-refractivity contribution < 1.29 is 8.78 Å². The van der Waals surface area contributed by atoms with Gasteiger partial charge < -0.3 is 11.1 Å².